The molecule has 1 N–H and O–H groups in total. The van der Waals surface area contributed by atoms with Crippen molar-refractivity contribution in [3.63, 3.8) is 0 Å². The van der Waals surface area contributed by atoms with Gasteiger partial charge in [-0.05, 0) is 6.07 Å². The minimum absolute atomic E-state index is 0.130. The normalized spacial score (nSPS) is 18.2. The zero-order valence-corrected chi connectivity index (χ0v) is 14.1. The lowest BCUT2D eigenvalue weighted by Crippen LogP contribution is -2.42. The van der Waals surface area contributed by atoms with E-state index in [1.54, 1.807) is 4.90 Å². The summed E-state index contributed by atoms with van der Waals surface area (Å²) in [6, 6.07) is 7.58. The lowest BCUT2D eigenvalue weighted by Gasteiger charge is -2.30. The number of rotatable bonds is 3. The number of hydrogen-bond donors (Lipinski definition) is 1. The number of morpholine rings is 1. The molecule has 3 heterocycles. The van der Waals surface area contributed by atoms with Crippen molar-refractivity contribution in [2.24, 2.45) is 0 Å². The molecular formula is C17H19N5O3. The Balaban J connectivity index is 1.55. The predicted molar refractivity (Wildman–Crippen MR) is 89.1 cm³/mol. The number of hydrogen-bond acceptors (Lipinski definition) is 6. The van der Waals surface area contributed by atoms with Crippen LogP contribution < -0.4 is 0 Å². The van der Waals surface area contributed by atoms with Gasteiger partial charge in [0.15, 0.2) is 11.8 Å². The van der Waals surface area contributed by atoms with Gasteiger partial charge in [-0.25, -0.2) is 0 Å². The van der Waals surface area contributed by atoms with E-state index in [1.807, 2.05) is 38.1 Å². The average molecular weight is 341 g/mol. The molecule has 0 radical (unpaired) electrons. The molecule has 0 unspecified atom stereocenters. The Morgan fingerprint density at radius 3 is 2.96 bits per heavy atom. The third kappa shape index (κ3) is 2.89. The third-order valence-corrected chi connectivity index (χ3v) is 4.25. The van der Waals surface area contributed by atoms with E-state index in [-0.39, 0.29) is 11.8 Å². The molecular weight excluding hydrogens is 322 g/mol. The third-order valence-electron chi connectivity index (χ3n) is 4.25. The number of nitrogens with one attached hydrogen (secondary N) is 1. The second-order valence-electron chi connectivity index (χ2n) is 6.36. The molecule has 1 fully saturated rings. The van der Waals surface area contributed by atoms with Crippen LogP contribution in [-0.2, 0) is 4.74 Å². The number of para-hydroxylation sites is 1. The van der Waals surface area contributed by atoms with Crippen LogP contribution in [0.1, 0.15) is 48.1 Å². The summed E-state index contributed by atoms with van der Waals surface area (Å²) in [5.74, 6) is 1.00. The van der Waals surface area contributed by atoms with E-state index in [4.69, 9.17) is 9.15 Å². The maximum Gasteiger partial charge on any atom is 0.275 e. The highest BCUT2D eigenvalue weighted by Crippen LogP contribution is 2.25. The SMILES string of the molecule is CC(C)c1nnc([C@H]2CN(C(=O)c3n[nH]c4ccccc34)CCO2)o1. The first kappa shape index (κ1) is 15.8. The lowest BCUT2D eigenvalue weighted by atomic mass is 10.2. The summed E-state index contributed by atoms with van der Waals surface area (Å²) in [7, 11) is 0. The van der Waals surface area contributed by atoms with Crippen LogP contribution in [-0.4, -0.2) is 50.9 Å². The van der Waals surface area contributed by atoms with E-state index in [0.717, 1.165) is 10.9 Å². The highest BCUT2D eigenvalue weighted by Gasteiger charge is 2.31. The van der Waals surface area contributed by atoms with Crippen LogP contribution in [0.15, 0.2) is 28.7 Å². The Bertz CT molecular complexity index is 900. The zero-order chi connectivity index (χ0) is 17.4. The summed E-state index contributed by atoms with van der Waals surface area (Å²) in [6.45, 7) is 5.24. The highest BCUT2D eigenvalue weighted by atomic mass is 16.5. The monoisotopic (exact) mass is 341 g/mol. The molecule has 1 amide bonds. The van der Waals surface area contributed by atoms with Crippen molar-refractivity contribution in [2.45, 2.75) is 25.9 Å². The number of nitrogens with zero attached hydrogens (tertiary/aromatic N) is 4. The fourth-order valence-electron chi connectivity index (χ4n) is 2.87. The molecule has 25 heavy (non-hydrogen) atoms. The smallest absolute Gasteiger partial charge is 0.275 e. The minimum atomic E-state index is -0.414. The van der Waals surface area contributed by atoms with Crippen LogP contribution in [0, 0.1) is 0 Å². The summed E-state index contributed by atoms with van der Waals surface area (Å²) in [5, 5.41) is 16.0. The molecule has 8 nitrogen and oxygen atoms in total. The quantitative estimate of drug-likeness (QED) is 0.785. The molecule has 0 bridgehead atoms. The van der Waals surface area contributed by atoms with Crippen molar-refractivity contribution >= 4 is 16.8 Å². The minimum Gasteiger partial charge on any atom is -0.422 e. The molecule has 1 aliphatic rings. The van der Waals surface area contributed by atoms with Crippen LogP contribution in [0.4, 0.5) is 0 Å². The van der Waals surface area contributed by atoms with Gasteiger partial charge in [-0.3, -0.25) is 9.89 Å². The van der Waals surface area contributed by atoms with Gasteiger partial charge in [0, 0.05) is 17.8 Å². The van der Waals surface area contributed by atoms with Crippen molar-refractivity contribution in [3.05, 3.63) is 41.7 Å². The van der Waals surface area contributed by atoms with Crippen molar-refractivity contribution in [1.29, 1.82) is 0 Å². The Labute approximate surface area is 144 Å². The summed E-state index contributed by atoms with van der Waals surface area (Å²) in [5.41, 5.74) is 1.26. The van der Waals surface area contributed by atoms with E-state index in [1.165, 1.54) is 0 Å². The van der Waals surface area contributed by atoms with Crippen LogP contribution in [0.25, 0.3) is 10.9 Å². The van der Waals surface area contributed by atoms with Crippen molar-refractivity contribution in [2.75, 3.05) is 19.7 Å². The molecule has 130 valence electrons. The number of benzene rings is 1. The Kier molecular flexibility index (Phi) is 3.96. The van der Waals surface area contributed by atoms with Gasteiger partial charge < -0.3 is 14.1 Å². The lowest BCUT2D eigenvalue weighted by molar-refractivity contribution is -0.0352. The number of H-pyrrole nitrogens is 1. The number of amides is 1. The maximum absolute atomic E-state index is 12.9. The molecule has 1 aliphatic heterocycles. The number of fused-ring (bicyclic) bond motifs is 1. The van der Waals surface area contributed by atoms with Gasteiger partial charge >= 0.3 is 0 Å². The Hall–Kier alpha value is -2.74. The van der Waals surface area contributed by atoms with Crippen LogP contribution >= 0.6 is 0 Å². The maximum atomic E-state index is 12.9. The van der Waals surface area contributed by atoms with E-state index in [9.17, 15) is 4.79 Å². The zero-order valence-electron chi connectivity index (χ0n) is 14.1. The molecule has 2 aromatic heterocycles. The van der Waals surface area contributed by atoms with Gasteiger partial charge in [-0.15, -0.1) is 10.2 Å². The number of aromatic amines is 1. The number of aromatic nitrogens is 4. The highest BCUT2D eigenvalue weighted by molar-refractivity contribution is 6.04. The van der Waals surface area contributed by atoms with Gasteiger partial charge in [0.1, 0.15) is 0 Å². The second kappa shape index (κ2) is 6.29. The van der Waals surface area contributed by atoms with E-state index in [2.05, 4.69) is 20.4 Å². The number of carbonyl (C=O) groups is 1. The van der Waals surface area contributed by atoms with Crippen LogP contribution in [0.5, 0.6) is 0 Å². The van der Waals surface area contributed by atoms with E-state index >= 15 is 0 Å². The van der Waals surface area contributed by atoms with E-state index in [0.29, 0.717) is 37.2 Å². The Morgan fingerprint density at radius 2 is 2.16 bits per heavy atom. The van der Waals surface area contributed by atoms with Gasteiger partial charge in [-0.2, -0.15) is 5.10 Å². The molecule has 8 heteroatoms. The fraction of sp³-hybridized carbons (Fsp3) is 0.412. The average Bonchev–Trinajstić information content (AvgIpc) is 3.28. The van der Waals surface area contributed by atoms with Gasteiger partial charge in [0.25, 0.3) is 5.91 Å². The van der Waals surface area contributed by atoms with Crippen LogP contribution in [0.3, 0.4) is 0 Å². The molecule has 0 saturated carbocycles. The topological polar surface area (TPSA) is 97.1 Å². The summed E-state index contributed by atoms with van der Waals surface area (Å²) in [4.78, 5) is 14.6. The van der Waals surface area contributed by atoms with Crippen molar-refractivity contribution < 1.29 is 13.9 Å². The molecule has 3 aromatic rings. The van der Waals surface area contributed by atoms with Crippen molar-refractivity contribution in [3.8, 4) is 0 Å². The molecule has 1 aromatic carbocycles. The summed E-state index contributed by atoms with van der Waals surface area (Å²) in [6.07, 6.45) is -0.414. The first-order valence-corrected chi connectivity index (χ1v) is 8.30. The molecule has 1 saturated heterocycles. The second-order valence-corrected chi connectivity index (χ2v) is 6.36. The van der Waals surface area contributed by atoms with Gasteiger partial charge in [0.2, 0.25) is 11.8 Å². The standard InChI is InChI=1S/C17H19N5O3/c1-10(2)15-20-21-16(25-15)13-9-22(7-8-24-13)17(23)14-11-5-3-4-6-12(11)18-19-14/h3-6,10,13H,7-9H2,1-2H3,(H,18,19)/t13-/m1/s1. The van der Waals surface area contributed by atoms with Crippen molar-refractivity contribution in [1.82, 2.24) is 25.3 Å². The molecule has 1 atom stereocenters. The fourth-order valence-corrected chi connectivity index (χ4v) is 2.87. The molecule has 0 aliphatic carbocycles. The summed E-state index contributed by atoms with van der Waals surface area (Å²) < 4.78 is 11.4. The first-order chi connectivity index (χ1) is 12.1. The number of carbonyl (C=O) groups excluding carboxylic acids is 1. The molecule has 4 rings (SSSR count). The Morgan fingerprint density at radius 1 is 1.32 bits per heavy atom. The number of ether oxygens (including phenoxy) is 1. The largest absolute Gasteiger partial charge is 0.422 e. The first-order valence-electron chi connectivity index (χ1n) is 8.30. The van der Waals surface area contributed by atoms with E-state index < -0.39 is 6.10 Å². The molecule has 0 spiro atoms. The van der Waals surface area contributed by atoms with Crippen LogP contribution in [0.2, 0.25) is 0 Å². The van der Waals surface area contributed by atoms with Gasteiger partial charge in [-0.1, -0.05) is 32.0 Å². The summed E-state index contributed by atoms with van der Waals surface area (Å²) >= 11 is 0. The van der Waals surface area contributed by atoms with Gasteiger partial charge in [0.05, 0.1) is 18.7 Å². The predicted octanol–water partition coefficient (Wildman–Crippen LogP) is 2.28.